The Kier molecular flexibility index (Phi) is 4.33. The first kappa shape index (κ1) is 17.7. The number of carbonyl (C=O) groups is 1. The number of aromatic nitrogens is 1. The number of hydrogen-bond donors (Lipinski definition) is 1. The number of carbonyl (C=O) groups excluding carboxylic acids is 1. The summed E-state index contributed by atoms with van der Waals surface area (Å²) in [6, 6.07) is 8.59. The highest BCUT2D eigenvalue weighted by Gasteiger charge is 2.24. The van der Waals surface area contributed by atoms with E-state index in [1.54, 1.807) is 0 Å². The van der Waals surface area contributed by atoms with Gasteiger partial charge in [-0.05, 0) is 36.4 Å². The predicted molar refractivity (Wildman–Crippen MR) is 88.9 cm³/mol. The molecule has 26 heavy (non-hydrogen) atoms. The van der Waals surface area contributed by atoms with Crippen LogP contribution in [-0.2, 0) is 9.84 Å². The van der Waals surface area contributed by atoms with Crippen LogP contribution in [0.15, 0.2) is 51.8 Å². The van der Waals surface area contributed by atoms with E-state index in [4.69, 9.17) is 10.2 Å². The minimum atomic E-state index is -3.41. The lowest BCUT2D eigenvalue weighted by molar-refractivity contribution is 0.0996. The van der Waals surface area contributed by atoms with Crippen LogP contribution in [0, 0.1) is 11.6 Å². The van der Waals surface area contributed by atoms with Crippen molar-refractivity contribution in [3.05, 3.63) is 59.8 Å². The number of benzene rings is 2. The summed E-state index contributed by atoms with van der Waals surface area (Å²) in [5, 5.41) is 0. The molecule has 2 aromatic carbocycles. The summed E-state index contributed by atoms with van der Waals surface area (Å²) in [6.45, 7) is 0. The lowest BCUT2D eigenvalue weighted by Gasteiger charge is -2.02. The van der Waals surface area contributed by atoms with Gasteiger partial charge in [-0.3, -0.25) is 4.79 Å². The maximum Gasteiger partial charge on any atom is 0.271 e. The second kappa shape index (κ2) is 6.34. The topological polar surface area (TPSA) is 103 Å². The number of primary amides is 1. The highest BCUT2D eigenvalue weighted by atomic mass is 32.2. The maximum absolute atomic E-state index is 13.9. The average Bonchev–Trinajstić information content (AvgIpc) is 2.99. The molecule has 3 rings (SSSR count). The number of halogens is 2. The van der Waals surface area contributed by atoms with Gasteiger partial charge in [0.2, 0.25) is 5.89 Å². The van der Waals surface area contributed by atoms with Crippen LogP contribution >= 0.6 is 0 Å². The molecule has 0 aliphatic heterocycles. The van der Waals surface area contributed by atoms with E-state index < -0.39 is 38.8 Å². The van der Waals surface area contributed by atoms with Crippen molar-refractivity contribution in [1.29, 1.82) is 0 Å². The molecule has 3 aromatic rings. The Balaban J connectivity index is 2.16. The summed E-state index contributed by atoms with van der Waals surface area (Å²) in [5.41, 5.74) is 4.70. The Morgan fingerprint density at radius 1 is 1.08 bits per heavy atom. The molecule has 134 valence electrons. The van der Waals surface area contributed by atoms with Crippen molar-refractivity contribution in [3.63, 3.8) is 0 Å². The van der Waals surface area contributed by atoms with E-state index in [1.165, 1.54) is 30.3 Å². The molecule has 0 radical (unpaired) electrons. The minimum absolute atomic E-state index is 0.0572. The molecule has 0 spiro atoms. The van der Waals surface area contributed by atoms with Gasteiger partial charge in [0.15, 0.2) is 21.3 Å². The van der Waals surface area contributed by atoms with Crippen molar-refractivity contribution in [2.24, 2.45) is 5.73 Å². The highest BCUT2D eigenvalue weighted by Crippen LogP contribution is 2.32. The van der Waals surface area contributed by atoms with Crippen molar-refractivity contribution in [3.8, 4) is 22.8 Å². The molecule has 0 saturated heterocycles. The Labute approximate surface area is 147 Å². The molecule has 0 aliphatic rings. The van der Waals surface area contributed by atoms with Gasteiger partial charge in [-0.25, -0.2) is 22.2 Å². The number of sulfone groups is 1. The summed E-state index contributed by atoms with van der Waals surface area (Å²) >= 11 is 0. The summed E-state index contributed by atoms with van der Waals surface area (Å²) < 4.78 is 56.3. The molecule has 0 unspecified atom stereocenters. The molecule has 0 aliphatic carbocycles. The Morgan fingerprint density at radius 2 is 1.65 bits per heavy atom. The molecule has 1 amide bonds. The van der Waals surface area contributed by atoms with E-state index in [0.29, 0.717) is 0 Å². The first-order valence-corrected chi connectivity index (χ1v) is 9.13. The van der Waals surface area contributed by atoms with Crippen LogP contribution in [-0.4, -0.2) is 25.6 Å². The van der Waals surface area contributed by atoms with E-state index >= 15 is 0 Å². The van der Waals surface area contributed by atoms with Gasteiger partial charge in [0, 0.05) is 11.8 Å². The van der Waals surface area contributed by atoms with Gasteiger partial charge in [0.25, 0.3) is 5.91 Å². The lowest BCUT2D eigenvalue weighted by Crippen LogP contribution is -2.12. The minimum Gasteiger partial charge on any atom is -0.435 e. The normalized spacial score (nSPS) is 11.5. The molecule has 0 fully saturated rings. The van der Waals surface area contributed by atoms with Crippen molar-refractivity contribution in [1.82, 2.24) is 4.98 Å². The standard InChI is InChI=1S/C17H12F2N2O4S/c1-26(23,24)10-7-5-9(6-8-10)15-14(16(20)22)21-17(25-15)13-11(18)3-2-4-12(13)19/h2-8H,1H3,(H2,20,22). The molecule has 0 atom stereocenters. The Hall–Kier alpha value is -3.07. The fraction of sp³-hybridized carbons (Fsp3) is 0.0588. The smallest absolute Gasteiger partial charge is 0.271 e. The second-order valence-electron chi connectivity index (χ2n) is 5.45. The van der Waals surface area contributed by atoms with Crippen molar-refractivity contribution in [2.45, 2.75) is 4.90 Å². The van der Waals surface area contributed by atoms with Crippen LogP contribution in [0.4, 0.5) is 8.78 Å². The summed E-state index contributed by atoms with van der Waals surface area (Å²) in [6.07, 6.45) is 1.05. The van der Waals surface area contributed by atoms with Gasteiger partial charge in [-0.2, -0.15) is 0 Å². The molecule has 1 aromatic heterocycles. The van der Waals surface area contributed by atoms with Gasteiger partial charge < -0.3 is 10.2 Å². The maximum atomic E-state index is 13.9. The summed E-state index contributed by atoms with van der Waals surface area (Å²) in [4.78, 5) is 15.5. The zero-order valence-electron chi connectivity index (χ0n) is 13.4. The van der Waals surface area contributed by atoms with Crippen molar-refractivity contribution < 1.29 is 26.4 Å². The van der Waals surface area contributed by atoms with Gasteiger partial charge in [0.05, 0.1) is 4.90 Å². The van der Waals surface area contributed by atoms with E-state index in [9.17, 15) is 22.0 Å². The Morgan fingerprint density at radius 3 is 2.15 bits per heavy atom. The molecule has 9 heteroatoms. The fourth-order valence-electron chi connectivity index (χ4n) is 2.35. The number of oxazole rings is 1. The van der Waals surface area contributed by atoms with Gasteiger partial charge in [0.1, 0.15) is 17.2 Å². The number of hydrogen-bond acceptors (Lipinski definition) is 5. The summed E-state index contributed by atoms with van der Waals surface area (Å²) in [7, 11) is -3.41. The van der Waals surface area contributed by atoms with Crippen LogP contribution in [0.2, 0.25) is 0 Å². The van der Waals surface area contributed by atoms with Crippen LogP contribution in [0.1, 0.15) is 10.5 Å². The molecule has 1 heterocycles. The Bertz CT molecular complexity index is 1090. The van der Waals surface area contributed by atoms with Crippen LogP contribution in [0.25, 0.3) is 22.8 Å². The first-order chi connectivity index (χ1) is 12.2. The zero-order valence-corrected chi connectivity index (χ0v) is 14.2. The van der Waals surface area contributed by atoms with Crippen LogP contribution in [0.5, 0.6) is 0 Å². The van der Waals surface area contributed by atoms with Crippen molar-refractivity contribution in [2.75, 3.05) is 6.26 Å². The third-order valence-electron chi connectivity index (χ3n) is 3.58. The number of nitrogens with zero attached hydrogens (tertiary/aromatic N) is 1. The number of rotatable bonds is 4. The summed E-state index contributed by atoms with van der Waals surface area (Å²) in [5.74, 6) is -3.35. The van der Waals surface area contributed by atoms with E-state index in [0.717, 1.165) is 18.4 Å². The van der Waals surface area contributed by atoms with E-state index in [2.05, 4.69) is 4.98 Å². The molecule has 2 N–H and O–H groups in total. The quantitative estimate of drug-likeness (QED) is 0.752. The van der Waals surface area contributed by atoms with Gasteiger partial charge in [-0.15, -0.1) is 0 Å². The van der Waals surface area contributed by atoms with Crippen molar-refractivity contribution >= 4 is 15.7 Å². The SMILES string of the molecule is CS(=O)(=O)c1ccc(-c2oc(-c3c(F)cccc3F)nc2C(N)=O)cc1. The third kappa shape index (κ3) is 3.21. The molecular weight excluding hydrogens is 366 g/mol. The van der Waals surface area contributed by atoms with Crippen LogP contribution in [0.3, 0.4) is 0 Å². The highest BCUT2D eigenvalue weighted by molar-refractivity contribution is 7.90. The van der Waals surface area contributed by atoms with Gasteiger partial charge in [-0.1, -0.05) is 6.07 Å². The third-order valence-corrected chi connectivity index (χ3v) is 4.71. The molecular formula is C17H12F2N2O4S. The van der Waals surface area contributed by atoms with Gasteiger partial charge >= 0.3 is 0 Å². The molecule has 0 saturated carbocycles. The van der Waals surface area contributed by atoms with Crippen LogP contribution < -0.4 is 5.73 Å². The zero-order chi connectivity index (χ0) is 19.1. The largest absolute Gasteiger partial charge is 0.435 e. The van der Waals surface area contributed by atoms with E-state index in [1.807, 2.05) is 0 Å². The average molecular weight is 378 g/mol. The first-order valence-electron chi connectivity index (χ1n) is 7.24. The molecule has 0 bridgehead atoms. The number of amides is 1. The predicted octanol–water partition coefficient (Wildman–Crippen LogP) is 2.79. The lowest BCUT2D eigenvalue weighted by atomic mass is 10.1. The van der Waals surface area contributed by atoms with E-state index in [-0.39, 0.29) is 21.9 Å². The monoisotopic (exact) mass is 378 g/mol. The fourth-order valence-corrected chi connectivity index (χ4v) is 2.98. The molecule has 6 nitrogen and oxygen atoms in total. The second-order valence-corrected chi connectivity index (χ2v) is 7.47. The number of nitrogens with two attached hydrogens (primary N) is 1.